The highest BCUT2D eigenvalue weighted by molar-refractivity contribution is 7.90. The smallest absolute Gasteiger partial charge is 0.175 e. The fraction of sp³-hybridized carbons (Fsp3) is 0.455. The summed E-state index contributed by atoms with van der Waals surface area (Å²) < 4.78 is 29.0. The van der Waals surface area contributed by atoms with Crippen LogP contribution in [0.25, 0.3) is 0 Å². The Hall–Kier alpha value is -1.85. The first-order valence-electron chi connectivity index (χ1n) is 9.54. The van der Waals surface area contributed by atoms with Crippen LogP contribution in [0.3, 0.4) is 0 Å². The molecule has 1 aliphatic heterocycles. The fourth-order valence-electron chi connectivity index (χ4n) is 3.79. The van der Waals surface area contributed by atoms with Crippen LogP contribution in [0, 0.1) is 12.8 Å². The van der Waals surface area contributed by atoms with E-state index >= 15 is 0 Å². The summed E-state index contributed by atoms with van der Waals surface area (Å²) in [7, 11) is -3.16. The van der Waals surface area contributed by atoms with Crippen LogP contribution >= 0.6 is 0 Å². The van der Waals surface area contributed by atoms with Gasteiger partial charge in [-0.25, -0.2) is 8.42 Å². The van der Waals surface area contributed by atoms with Gasteiger partial charge >= 0.3 is 0 Å². The van der Waals surface area contributed by atoms with Gasteiger partial charge in [0.25, 0.3) is 0 Å². The fourth-order valence-corrected chi connectivity index (χ4v) is 4.42. The predicted octanol–water partition coefficient (Wildman–Crippen LogP) is 3.73. The highest BCUT2D eigenvalue weighted by Gasteiger charge is 2.29. The maximum Gasteiger partial charge on any atom is 0.175 e. The van der Waals surface area contributed by atoms with Crippen LogP contribution < -0.4 is 4.74 Å². The van der Waals surface area contributed by atoms with Crippen molar-refractivity contribution in [1.29, 1.82) is 0 Å². The van der Waals surface area contributed by atoms with Gasteiger partial charge in [0, 0.05) is 31.3 Å². The Morgan fingerprint density at radius 3 is 2.56 bits per heavy atom. The third-order valence-corrected chi connectivity index (χ3v) is 6.43. The number of nitrogens with zero attached hydrogens (tertiary/aromatic N) is 1. The number of aryl methyl sites for hydroxylation is 1. The molecule has 27 heavy (non-hydrogen) atoms. The van der Waals surface area contributed by atoms with Gasteiger partial charge in [-0.1, -0.05) is 29.8 Å². The van der Waals surface area contributed by atoms with Gasteiger partial charge in [-0.15, -0.1) is 0 Å². The van der Waals surface area contributed by atoms with E-state index in [2.05, 4.69) is 43.0 Å². The molecule has 5 heteroatoms. The molecule has 146 valence electrons. The highest BCUT2D eigenvalue weighted by Crippen LogP contribution is 2.25. The number of rotatable bonds is 7. The largest absolute Gasteiger partial charge is 0.493 e. The second-order valence-electron chi connectivity index (χ2n) is 7.74. The van der Waals surface area contributed by atoms with E-state index in [0.29, 0.717) is 23.5 Å². The third kappa shape index (κ3) is 5.56. The molecule has 1 fully saturated rings. The van der Waals surface area contributed by atoms with Crippen molar-refractivity contribution in [3.05, 3.63) is 59.7 Å². The van der Waals surface area contributed by atoms with E-state index in [0.717, 1.165) is 31.7 Å². The van der Waals surface area contributed by atoms with Crippen LogP contribution in [-0.4, -0.2) is 45.3 Å². The van der Waals surface area contributed by atoms with Crippen molar-refractivity contribution in [2.75, 3.05) is 26.0 Å². The summed E-state index contributed by atoms with van der Waals surface area (Å²) >= 11 is 0. The Kier molecular flexibility index (Phi) is 6.22. The molecule has 0 aromatic heterocycles. The average molecular weight is 388 g/mol. The zero-order valence-electron chi connectivity index (χ0n) is 16.4. The van der Waals surface area contributed by atoms with Crippen molar-refractivity contribution in [1.82, 2.24) is 4.90 Å². The van der Waals surface area contributed by atoms with E-state index < -0.39 is 9.84 Å². The minimum Gasteiger partial charge on any atom is -0.493 e. The van der Waals surface area contributed by atoms with Gasteiger partial charge in [0.1, 0.15) is 5.75 Å². The summed E-state index contributed by atoms with van der Waals surface area (Å²) in [5.74, 6) is 1.24. The van der Waals surface area contributed by atoms with Crippen LogP contribution in [0.1, 0.15) is 24.5 Å². The Balaban J connectivity index is 1.48. The van der Waals surface area contributed by atoms with Gasteiger partial charge in [-0.2, -0.15) is 0 Å². The van der Waals surface area contributed by atoms with Crippen molar-refractivity contribution in [3.63, 3.8) is 0 Å². The van der Waals surface area contributed by atoms with Crippen LogP contribution in [0.15, 0.2) is 53.4 Å². The van der Waals surface area contributed by atoms with E-state index in [9.17, 15) is 8.42 Å². The third-order valence-electron chi connectivity index (χ3n) is 5.30. The number of benzene rings is 2. The molecule has 0 amide bonds. The molecule has 3 rings (SSSR count). The zero-order chi connectivity index (χ0) is 19.4. The Labute approximate surface area is 163 Å². The highest BCUT2D eigenvalue weighted by atomic mass is 32.2. The molecular weight excluding hydrogens is 358 g/mol. The second-order valence-corrected chi connectivity index (χ2v) is 9.76. The predicted molar refractivity (Wildman–Crippen MR) is 109 cm³/mol. The molecule has 0 saturated carbocycles. The van der Waals surface area contributed by atoms with Crippen LogP contribution in [0.2, 0.25) is 0 Å². The van der Waals surface area contributed by atoms with Crippen molar-refractivity contribution < 1.29 is 13.2 Å². The lowest BCUT2D eigenvalue weighted by atomic mass is 10.1. The number of likely N-dealkylation sites (tertiary alicyclic amines) is 1. The quantitative estimate of drug-likeness (QED) is 0.726. The van der Waals surface area contributed by atoms with Gasteiger partial charge in [0.15, 0.2) is 9.84 Å². The topological polar surface area (TPSA) is 46.6 Å². The molecule has 1 heterocycles. The maximum atomic E-state index is 11.5. The van der Waals surface area contributed by atoms with E-state index in [1.165, 1.54) is 17.4 Å². The molecule has 2 aromatic rings. The van der Waals surface area contributed by atoms with E-state index in [-0.39, 0.29) is 0 Å². The van der Waals surface area contributed by atoms with Gasteiger partial charge < -0.3 is 4.74 Å². The minimum absolute atomic E-state index is 0.326. The number of sulfone groups is 1. The molecule has 1 saturated heterocycles. The lowest BCUT2D eigenvalue weighted by molar-refractivity contribution is 0.234. The SMILES string of the molecule is Cc1cccc(CCN2C[C@@H](COc3ccc(S(C)(=O)=O)cc3)C[C@H]2C)c1. The summed E-state index contributed by atoms with van der Waals surface area (Å²) in [4.78, 5) is 2.87. The Morgan fingerprint density at radius 2 is 1.89 bits per heavy atom. The van der Waals surface area contributed by atoms with Crippen molar-refractivity contribution >= 4 is 9.84 Å². The monoisotopic (exact) mass is 387 g/mol. The zero-order valence-corrected chi connectivity index (χ0v) is 17.2. The first-order chi connectivity index (χ1) is 12.8. The van der Waals surface area contributed by atoms with Crippen LogP contribution in [0.4, 0.5) is 0 Å². The van der Waals surface area contributed by atoms with E-state index in [1.807, 2.05) is 0 Å². The first-order valence-corrected chi connectivity index (χ1v) is 11.4. The summed E-state index contributed by atoms with van der Waals surface area (Å²) in [6.07, 6.45) is 3.43. The van der Waals surface area contributed by atoms with Gasteiger partial charge in [0.2, 0.25) is 0 Å². The Morgan fingerprint density at radius 1 is 1.15 bits per heavy atom. The summed E-state index contributed by atoms with van der Waals surface area (Å²) in [6.45, 7) is 7.22. The summed E-state index contributed by atoms with van der Waals surface area (Å²) in [6, 6.07) is 16.0. The molecule has 4 nitrogen and oxygen atoms in total. The molecule has 0 radical (unpaired) electrons. The van der Waals surface area contributed by atoms with E-state index in [1.54, 1.807) is 24.3 Å². The van der Waals surface area contributed by atoms with E-state index in [4.69, 9.17) is 4.74 Å². The lowest BCUT2D eigenvalue weighted by Gasteiger charge is -2.21. The normalized spacial score (nSPS) is 20.7. The summed E-state index contributed by atoms with van der Waals surface area (Å²) in [5, 5.41) is 0. The summed E-state index contributed by atoms with van der Waals surface area (Å²) in [5.41, 5.74) is 2.71. The molecule has 0 aliphatic carbocycles. The molecule has 2 aromatic carbocycles. The van der Waals surface area contributed by atoms with Crippen LogP contribution in [-0.2, 0) is 16.3 Å². The molecule has 0 spiro atoms. The molecule has 1 aliphatic rings. The number of hydrogen-bond acceptors (Lipinski definition) is 4. The van der Waals surface area contributed by atoms with Crippen molar-refractivity contribution in [2.45, 2.75) is 37.6 Å². The molecular formula is C22H29NO3S. The second kappa shape index (κ2) is 8.44. The van der Waals surface area contributed by atoms with Crippen molar-refractivity contribution in [2.24, 2.45) is 5.92 Å². The minimum atomic E-state index is -3.16. The van der Waals surface area contributed by atoms with Gasteiger partial charge in [-0.05, 0) is 56.5 Å². The lowest BCUT2D eigenvalue weighted by Crippen LogP contribution is -2.29. The maximum absolute atomic E-state index is 11.5. The first kappa shape index (κ1) is 19.9. The Bertz CT molecular complexity index is 861. The van der Waals surface area contributed by atoms with Gasteiger partial charge in [-0.3, -0.25) is 4.90 Å². The molecule has 0 unspecified atom stereocenters. The molecule has 2 atom stereocenters. The number of ether oxygens (including phenoxy) is 1. The van der Waals surface area contributed by atoms with Crippen molar-refractivity contribution in [3.8, 4) is 5.75 Å². The number of hydrogen-bond donors (Lipinski definition) is 0. The standard InChI is InChI=1S/C22H29NO3S/c1-17-5-4-6-19(13-17)11-12-23-15-20(14-18(23)2)16-26-21-7-9-22(10-8-21)27(3,24)25/h4-10,13,18,20H,11-12,14-16H2,1-3H3/t18-,20+/m1/s1. The molecule has 0 bridgehead atoms. The van der Waals surface area contributed by atoms with Crippen LogP contribution in [0.5, 0.6) is 5.75 Å². The molecule has 0 N–H and O–H groups in total. The van der Waals surface area contributed by atoms with Gasteiger partial charge in [0.05, 0.1) is 11.5 Å². The average Bonchev–Trinajstić information content (AvgIpc) is 2.98.